The summed E-state index contributed by atoms with van der Waals surface area (Å²) in [7, 11) is 0. The average molecular weight is 348 g/mol. The first-order chi connectivity index (χ1) is 12.8. The van der Waals surface area contributed by atoms with Crippen LogP contribution >= 0.6 is 0 Å². The molecule has 5 heteroatoms. The predicted molar refractivity (Wildman–Crippen MR) is 103 cm³/mol. The molecule has 0 saturated carbocycles. The topological polar surface area (TPSA) is 45.4 Å². The second kappa shape index (κ2) is 7.70. The third-order valence-corrected chi connectivity index (χ3v) is 4.91. The van der Waals surface area contributed by atoms with Crippen molar-refractivity contribution < 1.29 is 4.52 Å². The van der Waals surface area contributed by atoms with Gasteiger partial charge in [-0.05, 0) is 19.1 Å². The minimum Gasteiger partial charge on any atom is -0.369 e. The fourth-order valence-electron chi connectivity index (χ4n) is 3.30. The first kappa shape index (κ1) is 16.8. The van der Waals surface area contributed by atoms with Gasteiger partial charge >= 0.3 is 0 Å². The van der Waals surface area contributed by atoms with Crippen LogP contribution in [0.3, 0.4) is 0 Å². The van der Waals surface area contributed by atoms with E-state index in [1.807, 2.05) is 12.1 Å². The molecular formula is C21H24N4O. The van der Waals surface area contributed by atoms with Gasteiger partial charge in [0, 0.05) is 50.4 Å². The molecule has 2 heterocycles. The molecule has 0 spiro atoms. The highest BCUT2D eigenvalue weighted by molar-refractivity contribution is 5.54. The molecule has 3 aromatic rings. The molecule has 1 aromatic heterocycles. The van der Waals surface area contributed by atoms with Gasteiger partial charge in [-0.3, -0.25) is 4.90 Å². The third-order valence-electron chi connectivity index (χ3n) is 4.91. The first-order valence-electron chi connectivity index (χ1n) is 9.20. The molecule has 2 aromatic carbocycles. The van der Waals surface area contributed by atoms with Crippen molar-refractivity contribution >= 4 is 5.69 Å². The Hall–Kier alpha value is -2.66. The number of hydrogen-bond donors (Lipinski definition) is 0. The van der Waals surface area contributed by atoms with Crippen LogP contribution in [0.5, 0.6) is 0 Å². The molecule has 0 unspecified atom stereocenters. The van der Waals surface area contributed by atoms with Crippen molar-refractivity contribution in [2.45, 2.75) is 13.3 Å². The Bertz CT molecular complexity index is 821. The second-order valence-electron chi connectivity index (χ2n) is 6.79. The van der Waals surface area contributed by atoms with Crippen molar-refractivity contribution in [3.8, 4) is 11.4 Å². The van der Waals surface area contributed by atoms with Crippen LogP contribution in [-0.2, 0) is 6.42 Å². The van der Waals surface area contributed by atoms with E-state index in [4.69, 9.17) is 4.52 Å². The van der Waals surface area contributed by atoms with Crippen molar-refractivity contribution in [3.63, 3.8) is 0 Å². The number of aromatic nitrogens is 2. The van der Waals surface area contributed by atoms with Gasteiger partial charge in [-0.15, -0.1) is 0 Å². The van der Waals surface area contributed by atoms with Crippen LogP contribution in [0, 0.1) is 6.92 Å². The summed E-state index contributed by atoms with van der Waals surface area (Å²) < 4.78 is 5.43. The van der Waals surface area contributed by atoms with Gasteiger partial charge in [-0.2, -0.15) is 4.98 Å². The van der Waals surface area contributed by atoms with E-state index in [0.29, 0.717) is 11.7 Å². The van der Waals surface area contributed by atoms with Crippen molar-refractivity contribution in [2.24, 2.45) is 0 Å². The highest BCUT2D eigenvalue weighted by atomic mass is 16.5. The maximum absolute atomic E-state index is 5.43. The zero-order valence-electron chi connectivity index (χ0n) is 15.1. The molecule has 1 fully saturated rings. The van der Waals surface area contributed by atoms with Gasteiger partial charge in [0.05, 0.1) is 0 Å². The predicted octanol–water partition coefficient (Wildman–Crippen LogP) is 3.41. The van der Waals surface area contributed by atoms with E-state index < -0.39 is 0 Å². The van der Waals surface area contributed by atoms with E-state index in [1.54, 1.807) is 0 Å². The van der Waals surface area contributed by atoms with Crippen LogP contribution in [0.4, 0.5) is 5.69 Å². The molecule has 1 saturated heterocycles. The largest absolute Gasteiger partial charge is 0.369 e. The molecule has 134 valence electrons. The monoisotopic (exact) mass is 348 g/mol. The minimum atomic E-state index is 0.675. The van der Waals surface area contributed by atoms with Crippen LogP contribution in [0.15, 0.2) is 59.1 Å². The van der Waals surface area contributed by atoms with Gasteiger partial charge in [-0.25, -0.2) is 0 Å². The maximum atomic E-state index is 5.43. The zero-order chi connectivity index (χ0) is 17.8. The summed E-state index contributed by atoms with van der Waals surface area (Å²) in [5.41, 5.74) is 3.54. The van der Waals surface area contributed by atoms with Gasteiger partial charge in [0.2, 0.25) is 11.7 Å². The van der Waals surface area contributed by atoms with E-state index in [-0.39, 0.29) is 0 Å². The van der Waals surface area contributed by atoms with Crippen molar-refractivity contribution in [3.05, 3.63) is 66.1 Å². The van der Waals surface area contributed by atoms with Crippen LogP contribution in [-0.4, -0.2) is 47.8 Å². The van der Waals surface area contributed by atoms with Gasteiger partial charge in [-0.1, -0.05) is 53.2 Å². The van der Waals surface area contributed by atoms with Gasteiger partial charge in [0.15, 0.2) is 0 Å². The molecule has 0 N–H and O–H groups in total. The van der Waals surface area contributed by atoms with Gasteiger partial charge in [0.1, 0.15) is 0 Å². The lowest BCUT2D eigenvalue weighted by molar-refractivity contribution is 0.249. The van der Waals surface area contributed by atoms with Crippen molar-refractivity contribution in [1.82, 2.24) is 15.0 Å². The minimum absolute atomic E-state index is 0.675. The summed E-state index contributed by atoms with van der Waals surface area (Å²) >= 11 is 0. The number of nitrogens with zero attached hydrogens (tertiary/aromatic N) is 4. The van der Waals surface area contributed by atoms with Crippen molar-refractivity contribution in [1.29, 1.82) is 0 Å². The first-order valence-corrected chi connectivity index (χ1v) is 9.20. The summed E-state index contributed by atoms with van der Waals surface area (Å²) in [4.78, 5) is 9.45. The van der Waals surface area contributed by atoms with Crippen LogP contribution in [0.25, 0.3) is 11.4 Å². The van der Waals surface area contributed by atoms with Crippen LogP contribution in [0.1, 0.15) is 11.5 Å². The van der Waals surface area contributed by atoms with Crippen molar-refractivity contribution in [2.75, 3.05) is 37.6 Å². The lowest BCUT2D eigenvalue weighted by Crippen LogP contribution is -2.47. The smallest absolute Gasteiger partial charge is 0.228 e. The summed E-state index contributed by atoms with van der Waals surface area (Å²) in [5, 5.41) is 4.12. The molecule has 0 aliphatic carbocycles. The Kier molecular flexibility index (Phi) is 4.97. The Balaban J connectivity index is 1.28. The Morgan fingerprint density at radius 3 is 2.38 bits per heavy atom. The molecule has 0 radical (unpaired) electrons. The Labute approximate surface area is 154 Å². The summed E-state index contributed by atoms with van der Waals surface area (Å²) in [6, 6.07) is 18.8. The van der Waals surface area contributed by atoms with E-state index in [0.717, 1.165) is 44.7 Å². The number of hydrogen-bond acceptors (Lipinski definition) is 5. The van der Waals surface area contributed by atoms with E-state index in [2.05, 4.69) is 69.3 Å². The number of anilines is 1. The lowest BCUT2D eigenvalue weighted by atomic mass is 10.1. The summed E-state index contributed by atoms with van der Waals surface area (Å²) in [5.74, 6) is 1.39. The third kappa shape index (κ3) is 3.94. The highest BCUT2D eigenvalue weighted by Gasteiger charge is 2.18. The molecule has 4 rings (SSSR count). The Morgan fingerprint density at radius 2 is 1.65 bits per heavy atom. The standard InChI is InChI=1S/C21H24N4O/c1-17-7-9-18(10-8-17)21-22-20(26-23-21)11-12-24-13-15-25(16-14-24)19-5-3-2-4-6-19/h2-10H,11-16H2,1H3. The van der Waals surface area contributed by atoms with Gasteiger partial charge in [0.25, 0.3) is 0 Å². The average Bonchev–Trinajstić information content (AvgIpc) is 3.17. The molecule has 5 nitrogen and oxygen atoms in total. The Morgan fingerprint density at radius 1 is 0.923 bits per heavy atom. The zero-order valence-corrected chi connectivity index (χ0v) is 15.1. The molecule has 0 amide bonds. The molecule has 0 atom stereocenters. The molecule has 1 aliphatic rings. The normalized spacial score (nSPS) is 15.3. The summed E-state index contributed by atoms with van der Waals surface area (Å²) in [6.07, 6.45) is 0.796. The lowest BCUT2D eigenvalue weighted by Gasteiger charge is -2.35. The van der Waals surface area contributed by atoms with Crippen LogP contribution < -0.4 is 4.90 Å². The van der Waals surface area contributed by atoms with Crippen LogP contribution in [0.2, 0.25) is 0 Å². The molecule has 1 aliphatic heterocycles. The molecule has 26 heavy (non-hydrogen) atoms. The maximum Gasteiger partial charge on any atom is 0.228 e. The van der Waals surface area contributed by atoms with E-state index in [1.165, 1.54) is 11.3 Å². The quantitative estimate of drug-likeness (QED) is 0.707. The summed E-state index contributed by atoms with van der Waals surface area (Å²) in [6.45, 7) is 7.27. The highest BCUT2D eigenvalue weighted by Crippen LogP contribution is 2.18. The number of piperazine rings is 1. The van der Waals surface area contributed by atoms with E-state index in [9.17, 15) is 0 Å². The molecule has 0 bridgehead atoms. The SMILES string of the molecule is Cc1ccc(-c2noc(CCN3CCN(c4ccccc4)CC3)n2)cc1. The second-order valence-corrected chi connectivity index (χ2v) is 6.79. The fraction of sp³-hybridized carbons (Fsp3) is 0.333. The van der Waals surface area contributed by atoms with E-state index >= 15 is 0 Å². The molecular weight excluding hydrogens is 324 g/mol. The van der Waals surface area contributed by atoms with Gasteiger partial charge < -0.3 is 9.42 Å². The fourth-order valence-corrected chi connectivity index (χ4v) is 3.30. The number of rotatable bonds is 5. The number of benzene rings is 2. The number of para-hydroxylation sites is 1. The number of aryl methyl sites for hydroxylation is 1.